The van der Waals surface area contributed by atoms with Crippen molar-refractivity contribution in [2.45, 2.75) is 13.0 Å². The third-order valence-corrected chi connectivity index (χ3v) is 2.74. The van der Waals surface area contributed by atoms with Gasteiger partial charge in [0.1, 0.15) is 5.82 Å². The summed E-state index contributed by atoms with van der Waals surface area (Å²) in [5, 5.41) is 0.239. The Kier molecular flexibility index (Phi) is 2.26. The maximum Gasteiger partial charge on any atom is 0.142 e. The summed E-state index contributed by atoms with van der Waals surface area (Å²) in [7, 11) is 2.04. The standard InChI is InChI=1S/C10H11ClFN/c1-13-3-2-7-4-9(11)10(12)5-8(7)6-13/h4-5H,2-3,6H2,1H3. The third-order valence-electron chi connectivity index (χ3n) is 2.45. The summed E-state index contributed by atoms with van der Waals surface area (Å²) < 4.78 is 13.1. The van der Waals surface area contributed by atoms with E-state index in [1.54, 1.807) is 12.1 Å². The van der Waals surface area contributed by atoms with Crippen LogP contribution in [-0.2, 0) is 13.0 Å². The largest absolute Gasteiger partial charge is 0.302 e. The molecule has 0 fully saturated rings. The Hall–Kier alpha value is -0.600. The molecule has 2 rings (SSSR count). The van der Waals surface area contributed by atoms with Gasteiger partial charge in [0.15, 0.2) is 0 Å². The molecule has 1 heterocycles. The van der Waals surface area contributed by atoms with Crippen LogP contribution in [0.3, 0.4) is 0 Å². The summed E-state index contributed by atoms with van der Waals surface area (Å²) >= 11 is 5.69. The Balaban J connectivity index is 2.43. The number of benzene rings is 1. The molecule has 1 aliphatic rings. The molecule has 0 unspecified atom stereocenters. The van der Waals surface area contributed by atoms with E-state index in [4.69, 9.17) is 11.6 Å². The van der Waals surface area contributed by atoms with E-state index < -0.39 is 0 Å². The molecule has 0 saturated heterocycles. The molecule has 0 aromatic heterocycles. The molecule has 0 aliphatic carbocycles. The van der Waals surface area contributed by atoms with Crippen LogP contribution in [0.1, 0.15) is 11.1 Å². The van der Waals surface area contributed by atoms with Crippen molar-refractivity contribution in [3.63, 3.8) is 0 Å². The van der Waals surface area contributed by atoms with Crippen LogP contribution in [0.25, 0.3) is 0 Å². The Morgan fingerprint density at radius 2 is 2.15 bits per heavy atom. The minimum atomic E-state index is -0.310. The maximum atomic E-state index is 13.1. The van der Waals surface area contributed by atoms with Crippen LogP contribution in [0.15, 0.2) is 12.1 Å². The van der Waals surface area contributed by atoms with Crippen LogP contribution in [0.4, 0.5) is 4.39 Å². The smallest absolute Gasteiger partial charge is 0.142 e. The molecule has 0 atom stereocenters. The van der Waals surface area contributed by atoms with Crippen LogP contribution >= 0.6 is 11.6 Å². The normalized spacial score (nSPS) is 17.2. The van der Waals surface area contributed by atoms with Crippen molar-refractivity contribution < 1.29 is 4.39 Å². The second-order valence-corrected chi connectivity index (χ2v) is 3.93. The lowest BCUT2D eigenvalue weighted by Crippen LogP contribution is -2.26. The predicted molar refractivity (Wildman–Crippen MR) is 51.4 cm³/mol. The van der Waals surface area contributed by atoms with E-state index in [0.717, 1.165) is 25.1 Å². The van der Waals surface area contributed by atoms with Gasteiger partial charge in [-0.2, -0.15) is 0 Å². The Labute approximate surface area is 82.1 Å². The van der Waals surface area contributed by atoms with E-state index in [-0.39, 0.29) is 10.8 Å². The van der Waals surface area contributed by atoms with Crippen molar-refractivity contribution in [3.8, 4) is 0 Å². The van der Waals surface area contributed by atoms with Gasteiger partial charge in [-0.15, -0.1) is 0 Å². The van der Waals surface area contributed by atoms with E-state index in [2.05, 4.69) is 4.90 Å². The highest BCUT2D eigenvalue weighted by Gasteiger charge is 2.15. The van der Waals surface area contributed by atoms with E-state index in [9.17, 15) is 4.39 Å². The average molecular weight is 200 g/mol. The minimum absolute atomic E-state index is 0.239. The first-order valence-corrected chi connectivity index (χ1v) is 4.70. The average Bonchev–Trinajstić information content (AvgIpc) is 2.08. The number of halogens is 2. The molecule has 0 radical (unpaired) electrons. The van der Waals surface area contributed by atoms with Gasteiger partial charge in [-0.25, -0.2) is 4.39 Å². The number of rotatable bonds is 0. The van der Waals surface area contributed by atoms with Crippen LogP contribution < -0.4 is 0 Å². The van der Waals surface area contributed by atoms with E-state index >= 15 is 0 Å². The lowest BCUT2D eigenvalue weighted by Gasteiger charge is -2.25. The summed E-state index contributed by atoms with van der Waals surface area (Å²) in [5.74, 6) is -0.310. The SMILES string of the molecule is CN1CCc2cc(Cl)c(F)cc2C1. The number of fused-ring (bicyclic) bond motifs is 1. The maximum absolute atomic E-state index is 13.1. The van der Waals surface area contributed by atoms with Crippen molar-refractivity contribution in [3.05, 3.63) is 34.1 Å². The molecule has 1 nitrogen and oxygen atoms in total. The molecule has 1 aliphatic heterocycles. The molecular weight excluding hydrogens is 189 g/mol. The van der Waals surface area contributed by atoms with Crippen molar-refractivity contribution in [2.24, 2.45) is 0 Å². The zero-order chi connectivity index (χ0) is 9.42. The summed E-state index contributed by atoms with van der Waals surface area (Å²) in [6, 6.07) is 3.30. The van der Waals surface area contributed by atoms with Gasteiger partial charge in [0.2, 0.25) is 0 Å². The monoisotopic (exact) mass is 199 g/mol. The van der Waals surface area contributed by atoms with Crippen molar-refractivity contribution in [1.82, 2.24) is 4.90 Å². The number of nitrogens with zero attached hydrogens (tertiary/aromatic N) is 1. The number of hydrogen-bond donors (Lipinski definition) is 0. The summed E-state index contributed by atoms with van der Waals surface area (Å²) in [6.07, 6.45) is 0.964. The fraction of sp³-hybridized carbons (Fsp3) is 0.400. The van der Waals surface area contributed by atoms with Crippen LogP contribution in [0.2, 0.25) is 5.02 Å². The fourth-order valence-corrected chi connectivity index (χ4v) is 1.88. The number of likely N-dealkylation sites (N-methyl/N-ethyl adjacent to an activating group) is 1. The zero-order valence-corrected chi connectivity index (χ0v) is 8.24. The predicted octanol–water partition coefficient (Wildman–Crippen LogP) is 2.47. The van der Waals surface area contributed by atoms with Crippen LogP contribution in [0.5, 0.6) is 0 Å². The lowest BCUT2D eigenvalue weighted by atomic mass is 10.0. The fourth-order valence-electron chi connectivity index (χ4n) is 1.69. The summed E-state index contributed by atoms with van der Waals surface area (Å²) in [4.78, 5) is 2.18. The van der Waals surface area contributed by atoms with Gasteiger partial charge >= 0.3 is 0 Å². The van der Waals surface area contributed by atoms with Gasteiger partial charge in [-0.1, -0.05) is 11.6 Å². The lowest BCUT2D eigenvalue weighted by molar-refractivity contribution is 0.312. The van der Waals surface area contributed by atoms with Crippen LogP contribution in [-0.4, -0.2) is 18.5 Å². The molecule has 0 bridgehead atoms. The Morgan fingerprint density at radius 1 is 1.38 bits per heavy atom. The minimum Gasteiger partial charge on any atom is -0.302 e. The number of hydrogen-bond acceptors (Lipinski definition) is 1. The molecular formula is C10H11ClFN. The molecule has 1 aromatic rings. The first kappa shape index (κ1) is 8.97. The zero-order valence-electron chi connectivity index (χ0n) is 7.48. The molecule has 0 saturated carbocycles. The molecule has 70 valence electrons. The van der Waals surface area contributed by atoms with Gasteiger partial charge < -0.3 is 4.90 Å². The topological polar surface area (TPSA) is 3.24 Å². The highest BCUT2D eigenvalue weighted by atomic mass is 35.5. The quantitative estimate of drug-likeness (QED) is 0.621. The molecule has 1 aromatic carbocycles. The molecule has 0 spiro atoms. The van der Waals surface area contributed by atoms with E-state index in [1.807, 2.05) is 7.05 Å². The van der Waals surface area contributed by atoms with Gasteiger partial charge in [0.05, 0.1) is 5.02 Å². The van der Waals surface area contributed by atoms with Gasteiger partial charge in [-0.3, -0.25) is 0 Å². The third kappa shape index (κ3) is 1.69. The molecule has 3 heteroatoms. The first-order valence-electron chi connectivity index (χ1n) is 4.32. The molecule has 0 N–H and O–H groups in total. The van der Waals surface area contributed by atoms with Crippen molar-refractivity contribution in [1.29, 1.82) is 0 Å². The highest BCUT2D eigenvalue weighted by molar-refractivity contribution is 6.30. The Bertz CT molecular complexity index is 338. The molecule has 0 amide bonds. The second kappa shape index (κ2) is 3.28. The second-order valence-electron chi connectivity index (χ2n) is 3.52. The Morgan fingerprint density at radius 3 is 2.92 bits per heavy atom. The first-order chi connectivity index (χ1) is 6.16. The summed E-state index contributed by atoms with van der Waals surface area (Å²) in [6.45, 7) is 1.85. The van der Waals surface area contributed by atoms with Gasteiger partial charge in [-0.05, 0) is 36.7 Å². The summed E-state index contributed by atoms with van der Waals surface area (Å²) in [5.41, 5.74) is 2.25. The van der Waals surface area contributed by atoms with Crippen molar-refractivity contribution in [2.75, 3.05) is 13.6 Å². The van der Waals surface area contributed by atoms with Crippen molar-refractivity contribution >= 4 is 11.6 Å². The van der Waals surface area contributed by atoms with E-state index in [1.165, 1.54) is 5.56 Å². The highest BCUT2D eigenvalue weighted by Crippen LogP contribution is 2.24. The van der Waals surface area contributed by atoms with Gasteiger partial charge in [0.25, 0.3) is 0 Å². The van der Waals surface area contributed by atoms with Gasteiger partial charge in [0, 0.05) is 13.1 Å². The van der Waals surface area contributed by atoms with Crippen LogP contribution in [0, 0.1) is 5.82 Å². The van der Waals surface area contributed by atoms with E-state index in [0.29, 0.717) is 0 Å². The molecule has 13 heavy (non-hydrogen) atoms.